The standard InChI is InChI=1S/C15H23NO2/c1-3-16-10-9-14(17)11-15(16)18-12(2)13-7-5-4-6-8-13/h4-8,12,14-15,17H,3,9-11H2,1-2H3. The van der Waals surface area contributed by atoms with E-state index < -0.39 is 0 Å². The zero-order valence-corrected chi connectivity index (χ0v) is 11.2. The van der Waals surface area contributed by atoms with Crippen LogP contribution >= 0.6 is 0 Å². The van der Waals surface area contributed by atoms with E-state index in [1.165, 1.54) is 5.56 Å². The van der Waals surface area contributed by atoms with Gasteiger partial charge >= 0.3 is 0 Å². The van der Waals surface area contributed by atoms with E-state index in [0.29, 0.717) is 6.42 Å². The zero-order valence-electron chi connectivity index (χ0n) is 11.2. The second-order valence-electron chi connectivity index (χ2n) is 4.95. The van der Waals surface area contributed by atoms with Gasteiger partial charge in [0.2, 0.25) is 0 Å². The molecular weight excluding hydrogens is 226 g/mol. The van der Waals surface area contributed by atoms with Crippen molar-refractivity contribution in [2.75, 3.05) is 13.1 Å². The fourth-order valence-electron chi connectivity index (χ4n) is 2.50. The van der Waals surface area contributed by atoms with Gasteiger partial charge in [0.05, 0.1) is 12.2 Å². The van der Waals surface area contributed by atoms with Gasteiger partial charge in [-0.25, -0.2) is 0 Å². The predicted molar refractivity (Wildman–Crippen MR) is 72.2 cm³/mol. The number of benzene rings is 1. The van der Waals surface area contributed by atoms with Crippen molar-refractivity contribution >= 4 is 0 Å². The van der Waals surface area contributed by atoms with Crippen LogP contribution in [0, 0.1) is 0 Å². The van der Waals surface area contributed by atoms with E-state index in [1.807, 2.05) is 18.2 Å². The molecule has 1 aromatic carbocycles. The lowest BCUT2D eigenvalue weighted by Crippen LogP contribution is -2.45. The number of aliphatic hydroxyl groups excluding tert-OH is 1. The zero-order chi connectivity index (χ0) is 13.0. The molecule has 1 saturated heterocycles. The van der Waals surface area contributed by atoms with Crippen LogP contribution in [0.2, 0.25) is 0 Å². The lowest BCUT2D eigenvalue weighted by molar-refractivity contribution is -0.133. The molecule has 3 heteroatoms. The lowest BCUT2D eigenvalue weighted by Gasteiger charge is -2.38. The minimum atomic E-state index is -0.222. The number of aliphatic hydroxyl groups is 1. The minimum Gasteiger partial charge on any atom is -0.393 e. The largest absolute Gasteiger partial charge is 0.393 e. The smallest absolute Gasteiger partial charge is 0.113 e. The van der Waals surface area contributed by atoms with E-state index in [-0.39, 0.29) is 18.4 Å². The second-order valence-corrected chi connectivity index (χ2v) is 4.95. The van der Waals surface area contributed by atoms with Gasteiger partial charge in [0.25, 0.3) is 0 Å². The van der Waals surface area contributed by atoms with Crippen molar-refractivity contribution < 1.29 is 9.84 Å². The Labute approximate surface area is 109 Å². The first kappa shape index (κ1) is 13.5. The highest BCUT2D eigenvalue weighted by atomic mass is 16.5. The Kier molecular flexibility index (Phi) is 4.75. The van der Waals surface area contributed by atoms with Crippen LogP contribution in [-0.2, 0) is 4.74 Å². The fraction of sp³-hybridized carbons (Fsp3) is 0.600. The number of rotatable bonds is 4. The number of nitrogens with zero attached hydrogens (tertiary/aromatic N) is 1. The summed E-state index contributed by atoms with van der Waals surface area (Å²) in [5, 5.41) is 9.77. The molecule has 1 aromatic rings. The second kappa shape index (κ2) is 6.32. The maximum absolute atomic E-state index is 9.77. The van der Waals surface area contributed by atoms with Crippen LogP contribution in [-0.4, -0.2) is 35.4 Å². The van der Waals surface area contributed by atoms with Gasteiger partial charge in [-0.05, 0) is 25.5 Å². The van der Waals surface area contributed by atoms with Crippen molar-refractivity contribution in [2.24, 2.45) is 0 Å². The maximum atomic E-state index is 9.77. The monoisotopic (exact) mass is 249 g/mol. The Balaban J connectivity index is 1.98. The summed E-state index contributed by atoms with van der Waals surface area (Å²) in [5.41, 5.74) is 1.19. The van der Waals surface area contributed by atoms with E-state index in [4.69, 9.17) is 4.74 Å². The Morgan fingerprint density at radius 1 is 1.39 bits per heavy atom. The Bertz CT molecular complexity index is 355. The SMILES string of the molecule is CCN1CCC(O)CC1OC(C)c1ccccc1. The van der Waals surface area contributed by atoms with Gasteiger partial charge in [-0.1, -0.05) is 37.3 Å². The third kappa shape index (κ3) is 3.31. The normalized spacial score (nSPS) is 27.1. The molecule has 1 aliphatic rings. The number of likely N-dealkylation sites (tertiary alicyclic amines) is 1. The van der Waals surface area contributed by atoms with E-state index in [1.54, 1.807) is 0 Å². The topological polar surface area (TPSA) is 32.7 Å². The van der Waals surface area contributed by atoms with E-state index in [2.05, 4.69) is 30.9 Å². The quantitative estimate of drug-likeness (QED) is 0.890. The molecule has 1 fully saturated rings. The molecule has 0 aromatic heterocycles. The Hall–Kier alpha value is -0.900. The van der Waals surface area contributed by atoms with E-state index in [0.717, 1.165) is 19.5 Å². The molecule has 0 radical (unpaired) electrons. The first-order valence-corrected chi connectivity index (χ1v) is 6.83. The molecule has 0 bridgehead atoms. The molecule has 1 heterocycles. The molecule has 18 heavy (non-hydrogen) atoms. The summed E-state index contributed by atoms with van der Waals surface area (Å²) in [6, 6.07) is 10.2. The van der Waals surface area contributed by atoms with Gasteiger partial charge in [0.1, 0.15) is 6.23 Å². The number of piperidine rings is 1. The van der Waals surface area contributed by atoms with Crippen molar-refractivity contribution in [1.29, 1.82) is 0 Å². The highest BCUT2D eigenvalue weighted by Crippen LogP contribution is 2.25. The van der Waals surface area contributed by atoms with Crippen molar-refractivity contribution in [2.45, 2.75) is 45.1 Å². The highest BCUT2D eigenvalue weighted by Gasteiger charge is 2.28. The third-order valence-corrected chi connectivity index (χ3v) is 3.67. The summed E-state index contributed by atoms with van der Waals surface area (Å²) in [6.07, 6.45) is 1.45. The van der Waals surface area contributed by atoms with Crippen molar-refractivity contribution in [3.05, 3.63) is 35.9 Å². The molecule has 0 saturated carbocycles. The van der Waals surface area contributed by atoms with Gasteiger partial charge in [-0.3, -0.25) is 4.90 Å². The number of hydrogen-bond donors (Lipinski definition) is 1. The summed E-state index contributed by atoms with van der Waals surface area (Å²) in [4.78, 5) is 2.30. The number of ether oxygens (including phenoxy) is 1. The fourth-order valence-corrected chi connectivity index (χ4v) is 2.50. The molecule has 2 rings (SSSR count). The van der Waals surface area contributed by atoms with Crippen molar-refractivity contribution in [1.82, 2.24) is 4.90 Å². The van der Waals surface area contributed by atoms with E-state index in [9.17, 15) is 5.11 Å². The summed E-state index contributed by atoms with van der Waals surface area (Å²) in [7, 11) is 0. The van der Waals surface area contributed by atoms with Crippen LogP contribution in [0.1, 0.15) is 38.4 Å². The predicted octanol–water partition coefficient (Wildman–Crippen LogP) is 2.57. The van der Waals surface area contributed by atoms with Gasteiger partial charge in [0.15, 0.2) is 0 Å². The third-order valence-electron chi connectivity index (χ3n) is 3.67. The molecule has 0 spiro atoms. The molecular formula is C15H23NO2. The maximum Gasteiger partial charge on any atom is 0.113 e. The van der Waals surface area contributed by atoms with Crippen LogP contribution < -0.4 is 0 Å². The molecule has 1 N–H and O–H groups in total. The lowest BCUT2D eigenvalue weighted by atomic mass is 10.1. The summed E-state index contributed by atoms with van der Waals surface area (Å²) in [5.74, 6) is 0. The van der Waals surface area contributed by atoms with Gasteiger partial charge < -0.3 is 9.84 Å². The van der Waals surface area contributed by atoms with Crippen molar-refractivity contribution in [3.8, 4) is 0 Å². The molecule has 0 aliphatic carbocycles. The molecule has 3 atom stereocenters. The average molecular weight is 249 g/mol. The van der Waals surface area contributed by atoms with Gasteiger partial charge in [-0.2, -0.15) is 0 Å². The highest BCUT2D eigenvalue weighted by molar-refractivity contribution is 5.16. The Morgan fingerprint density at radius 2 is 2.11 bits per heavy atom. The Morgan fingerprint density at radius 3 is 2.78 bits per heavy atom. The van der Waals surface area contributed by atoms with Crippen LogP contribution in [0.25, 0.3) is 0 Å². The molecule has 3 nitrogen and oxygen atoms in total. The molecule has 100 valence electrons. The molecule has 0 amide bonds. The summed E-state index contributed by atoms with van der Waals surface area (Å²) >= 11 is 0. The van der Waals surface area contributed by atoms with Crippen molar-refractivity contribution in [3.63, 3.8) is 0 Å². The molecule has 3 unspecified atom stereocenters. The van der Waals surface area contributed by atoms with Crippen LogP contribution in [0.15, 0.2) is 30.3 Å². The summed E-state index contributed by atoms with van der Waals surface area (Å²) < 4.78 is 6.12. The first-order chi connectivity index (χ1) is 8.70. The number of hydrogen-bond acceptors (Lipinski definition) is 3. The van der Waals surface area contributed by atoms with Crippen LogP contribution in [0.4, 0.5) is 0 Å². The molecule has 1 aliphatic heterocycles. The minimum absolute atomic E-state index is 0.0361. The van der Waals surface area contributed by atoms with Crippen LogP contribution in [0.3, 0.4) is 0 Å². The van der Waals surface area contributed by atoms with Gasteiger partial charge in [-0.15, -0.1) is 0 Å². The first-order valence-electron chi connectivity index (χ1n) is 6.83. The summed E-state index contributed by atoms with van der Waals surface area (Å²) in [6.45, 7) is 6.11. The van der Waals surface area contributed by atoms with Gasteiger partial charge in [0, 0.05) is 13.0 Å². The average Bonchev–Trinajstić information content (AvgIpc) is 2.40. The van der Waals surface area contributed by atoms with Crippen LogP contribution in [0.5, 0.6) is 0 Å². The van der Waals surface area contributed by atoms with E-state index >= 15 is 0 Å².